The van der Waals surface area contributed by atoms with Gasteiger partial charge in [0, 0.05) is 18.8 Å². The molecule has 0 aromatic heterocycles. The molecule has 0 aromatic rings. The maximum absolute atomic E-state index is 10.9. The summed E-state index contributed by atoms with van der Waals surface area (Å²) >= 11 is 0. The topological polar surface area (TPSA) is 69.4 Å². The molecule has 1 aliphatic carbocycles. The van der Waals surface area contributed by atoms with Gasteiger partial charge in [-0.2, -0.15) is 0 Å². The molecular weight excluding hydrogens is 186 g/mol. The van der Waals surface area contributed by atoms with E-state index >= 15 is 0 Å². The zero-order chi connectivity index (χ0) is 10.8. The van der Waals surface area contributed by atoms with Crippen molar-refractivity contribution in [3.63, 3.8) is 0 Å². The van der Waals surface area contributed by atoms with Crippen molar-refractivity contribution >= 4 is 5.97 Å². The van der Waals surface area contributed by atoms with Crippen LogP contribution >= 0.6 is 0 Å². The Labute approximate surface area is 82.6 Å². The molecule has 0 heterocycles. The summed E-state index contributed by atoms with van der Waals surface area (Å²) in [6.07, 6.45) is 3.00. The summed E-state index contributed by atoms with van der Waals surface area (Å²) in [6, 6.07) is -0.811. The highest BCUT2D eigenvalue weighted by molar-refractivity contribution is 5.66. The zero-order valence-corrected chi connectivity index (χ0v) is 8.49. The van der Waals surface area contributed by atoms with E-state index in [0.717, 1.165) is 12.8 Å². The molecule has 0 amide bonds. The van der Waals surface area contributed by atoms with Crippen LogP contribution in [0.4, 0.5) is 0 Å². The SMILES string of the molecule is CC(=O)OC1(C(C)[N+](=O)[O-])CCCC1. The van der Waals surface area contributed by atoms with Gasteiger partial charge in [0.25, 0.3) is 0 Å². The summed E-state index contributed by atoms with van der Waals surface area (Å²) in [7, 11) is 0. The molecule has 5 heteroatoms. The molecule has 0 bridgehead atoms. The average molecular weight is 201 g/mol. The number of rotatable bonds is 3. The van der Waals surface area contributed by atoms with Crippen molar-refractivity contribution in [1.29, 1.82) is 0 Å². The van der Waals surface area contributed by atoms with Crippen molar-refractivity contribution in [2.75, 3.05) is 0 Å². The molecular formula is C9H15NO4. The van der Waals surface area contributed by atoms with Crippen LogP contribution in [0.15, 0.2) is 0 Å². The predicted molar refractivity (Wildman–Crippen MR) is 49.4 cm³/mol. The van der Waals surface area contributed by atoms with Gasteiger partial charge in [-0.05, 0) is 25.7 Å². The van der Waals surface area contributed by atoms with Gasteiger partial charge in [-0.15, -0.1) is 0 Å². The van der Waals surface area contributed by atoms with Gasteiger partial charge in [0.05, 0.1) is 0 Å². The van der Waals surface area contributed by atoms with E-state index in [1.165, 1.54) is 13.8 Å². The number of hydrogen-bond donors (Lipinski definition) is 0. The molecule has 1 rings (SSSR count). The molecule has 0 aromatic carbocycles. The fourth-order valence-corrected chi connectivity index (χ4v) is 2.06. The lowest BCUT2D eigenvalue weighted by atomic mass is 9.94. The number of carbonyl (C=O) groups excluding carboxylic acids is 1. The number of ether oxygens (including phenoxy) is 1. The highest BCUT2D eigenvalue weighted by Gasteiger charge is 2.48. The van der Waals surface area contributed by atoms with Crippen LogP contribution in [-0.4, -0.2) is 22.5 Å². The summed E-state index contributed by atoms with van der Waals surface area (Å²) in [4.78, 5) is 21.2. The highest BCUT2D eigenvalue weighted by atomic mass is 16.6. The van der Waals surface area contributed by atoms with Crippen LogP contribution in [0.2, 0.25) is 0 Å². The first-order valence-corrected chi connectivity index (χ1v) is 4.81. The summed E-state index contributed by atoms with van der Waals surface area (Å²) < 4.78 is 5.14. The van der Waals surface area contributed by atoms with Crippen molar-refractivity contribution in [3.05, 3.63) is 10.1 Å². The minimum Gasteiger partial charge on any atom is -0.452 e. The molecule has 1 atom stereocenters. The third-order valence-corrected chi connectivity index (χ3v) is 2.87. The van der Waals surface area contributed by atoms with Crippen LogP contribution in [0, 0.1) is 10.1 Å². The van der Waals surface area contributed by atoms with Crippen LogP contribution in [0.5, 0.6) is 0 Å². The van der Waals surface area contributed by atoms with Gasteiger partial charge in [-0.1, -0.05) is 0 Å². The fourth-order valence-electron chi connectivity index (χ4n) is 2.06. The van der Waals surface area contributed by atoms with E-state index in [0.29, 0.717) is 12.8 Å². The smallest absolute Gasteiger partial charge is 0.303 e. The molecule has 0 saturated heterocycles. The standard InChI is InChI=1S/C9H15NO4/c1-7(10(12)13)9(14-8(2)11)5-3-4-6-9/h7H,3-6H2,1-2H3. The normalized spacial score (nSPS) is 21.6. The van der Waals surface area contributed by atoms with E-state index in [4.69, 9.17) is 4.74 Å². The Hall–Kier alpha value is -1.13. The Bertz CT molecular complexity index is 245. The second-order valence-electron chi connectivity index (χ2n) is 3.83. The summed E-state index contributed by atoms with van der Waals surface area (Å²) in [6.45, 7) is 2.81. The van der Waals surface area contributed by atoms with Crippen LogP contribution in [0.3, 0.4) is 0 Å². The van der Waals surface area contributed by atoms with Gasteiger partial charge in [0.2, 0.25) is 6.04 Å². The van der Waals surface area contributed by atoms with Crippen LogP contribution in [0.25, 0.3) is 0 Å². The first-order chi connectivity index (χ1) is 6.48. The fraction of sp³-hybridized carbons (Fsp3) is 0.889. The number of nitro groups is 1. The van der Waals surface area contributed by atoms with Crippen molar-refractivity contribution in [3.8, 4) is 0 Å². The van der Waals surface area contributed by atoms with E-state index in [2.05, 4.69) is 0 Å². The van der Waals surface area contributed by atoms with Crippen molar-refractivity contribution in [1.82, 2.24) is 0 Å². The molecule has 5 nitrogen and oxygen atoms in total. The largest absolute Gasteiger partial charge is 0.452 e. The molecule has 0 N–H and O–H groups in total. The van der Waals surface area contributed by atoms with E-state index in [1.54, 1.807) is 0 Å². The Morgan fingerprint density at radius 3 is 2.36 bits per heavy atom. The summed E-state index contributed by atoms with van der Waals surface area (Å²) in [5, 5.41) is 10.7. The molecule has 0 spiro atoms. The van der Waals surface area contributed by atoms with Gasteiger partial charge in [-0.25, -0.2) is 0 Å². The van der Waals surface area contributed by atoms with Gasteiger partial charge >= 0.3 is 5.97 Å². The number of hydrogen-bond acceptors (Lipinski definition) is 4. The first-order valence-electron chi connectivity index (χ1n) is 4.81. The van der Waals surface area contributed by atoms with Crippen molar-refractivity contribution in [2.24, 2.45) is 0 Å². The first kappa shape index (κ1) is 10.9. The third kappa shape index (κ3) is 2.02. The minimum absolute atomic E-state index is 0.367. The lowest BCUT2D eigenvalue weighted by molar-refractivity contribution is -0.540. The maximum atomic E-state index is 10.9. The molecule has 1 fully saturated rings. The molecule has 0 radical (unpaired) electrons. The van der Waals surface area contributed by atoms with Gasteiger partial charge < -0.3 is 4.74 Å². The van der Waals surface area contributed by atoms with Crippen LogP contribution in [0.1, 0.15) is 39.5 Å². The Kier molecular flexibility index (Phi) is 3.08. The minimum atomic E-state index is -0.852. The maximum Gasteiger partial charge on any atom is 0.303 e. The number of carbonyl (C=O) groups is 1. The second kappa shape index (κ2) is 3.94. The number of nitrogens with zero attached hydrogens (tertiary/aromatic N) is 1. The van der Waals surface area contributed by atoms with E-state index in [-0.39, 0.29) is 4.92 Å². The Balaban J connectivity index is 2.80. The highest BCUT2D eigenvalue weighted by Crippen LogP contribution is 2.37. The average Bonchev–Trinajstić information content (AvgIpc) is 2.51. The lowest BCUT2D eigenvalue weighted by Gasteiger charge is -2.28. The lowest BCUT2D eigenvalue weighted by Crippen LogP contribution is -2.46. The van der Waals surface area contributed by atoms with E-state index in [1.807, 2.05) is 0 Å². The van der Waals surface area contributed by atoms with Crippen LogP contribution in [-0.2, 0) is 9.53 Å². The van der Waals surface area contributed by atoms with Crippen molar-refractivity contribution < 1.29 is 14.5 Å². The molecule has 80 valence electrons. The van der Waals surface area contributed by atoms with E-state index in [9.17, 15) is 14.9 Å². The Morgan fingerprint density at radius 1 is 1.50 bits per heavy atom. The Morgan fingerprint density at radius 2 is 2.00 bits per heavy atom. The van der Waals surface area contributed by atoms with Gasteiger partial charge in [0.1, 0.15) is 0 Å². The zero-order valence-electron chi connectivity index (χ0n) is 8.49. The van der Waals surface area contributed by atoms with E-state index < -0.39 is 17.6 Å². The quantitative estimate of drug-likeness (QED) is 0.394. The van der Waals surface area contributed by atoms with Crippen LogP contribution < -0.4 is 0 Å². The number of esters is 1. The molecule has 1 unspecified atom stereocenters. The monoisotopic (exact) mass is 201 g/mol. The summed E-state index contributed by atoms with van der Waals surface area (Å²) in [5.74, 6) is -0.430. The predicted octanol–water partition coefficient (Wildman–Crippen LogP) is 1.53. The van der Waals surface area contributed by atoms with Gasteiger partial charge in [0.15, 0.2) is 5.60 Å². The molecule has 1 saturated carbocycles. The van der Waals surface area contributed by atoms with Gasteiger partial charge in [-0.3, -0.25) is 14.9 Å². The second-order valence-corrected chi connectivity index (χ2v) is 3.83. The molecule has 0 aliphatic heterocycles. The third-order valence-electron chi connectivity index (χ3n) is 2.87. The van der Waals surface area contributed by atoms with Crippen molar-refractivity contribution in [2.45, 2.75) is 51.2 Å². The molecule has 1 aliphatic rings. The summed E-state index contributed by atoms with van der Waals surface area (Å²) in [5.41, 5.74) is -0.852. The molecule has 14 heavy (non-hydrogen) atoms.